The molecule has 6 nitrogen and oxygen atoms in total. The molecule has 9 heteroatoms. The molecule has 2 aliphatic rings. The van der Waals surface area contributed by atoms with Crippen molar-refractivity contribution >= 4 is 69.4 Å². The number of nitrogens with zero attached hydrogens (tertiary/aromatic N) is 2. The van der Waals surface area contributed by atoms with E-state index in [4.69, 9.17) is 11.6 Å². The molecule has 2 aliphatic heterocycles. The normalized spacial score (nSPS) is 21.6. The summed E-state index contributed by atoms with van der Waals surface area (Å²) in [6.45, 7) is 6.70. The highest BCUT2D eigenvalue weighted by atomic mass is 35.5. The molecule has 1 saturated heterocycles. The van der Waals surface area contributed by atoms with Crippen molar-refractivity contribution in [1.82, 2.24) is 4.90 Å². The highest BCUT2D eigenvalue weighted by Crippen LogP contribution is 2.49. The summed E-state index contributed by atoms with van der Waals surface area (Å²) in [5.74, 6) is -0.803. The van der Waals surface area contributed by atoms with Crippen LogP contribution < -0.4 is 4.90 Å². The van der Waals surface area contributed by atoms with Gasteiger partial charge < -0.3 is 14.9 Å². The maximum absolute atomic E-state index is 14.3. The zero-order valence-corrected chi connectivity index (χ0v) is 24.5. The van der Waals surface area contributed by atoms with Gasteiger partial charge in [0.2, 0.25) is 11.8 Å². The molecule has 0 aromatic heterocycles. The van der Waals surface area contributed by atoms with Gasteiger partial charge in [-0.2, -0.15) is 0 Å². The van der Waals surface area contributed by atoms with Crippen molar-refractivity contribution in [2.75, 3.05) is 23.1 Å². The fourth-order valence-electron chi connectivity index (χ4n) is 5.23. The third kappa shape index (κ3) is 5.79. The van der Waals surface area contributed by atoms with Crippen molar-refractivity contribution in [1.29, 1.82) is 0 Å². The molecule has 2 amide bonds. The van der Waals surface area contributed by atoms with Gasteiger partial charge in [-0.3, -0.25) is 9.59 Å². The number of fused-ring (bicyclic) bond motifs is 2. The molecule has 204 valence electrons. The van der Waals surface area contributed by atoms with E-state index in [0.717, 1.165) is 27.6 Å². The van der Waals surface area contributed by atoms with Crippen LogP contribution in [0.5, 0.6) is 0 Å². The molecule has 3 aromatic rings. The maximum Gasteiger partial charge on any atom is 0.327 e. The maximum atomic E-state index is 14.3. The van der Waals surface area contributed by atoms with E-state index in [1.54, 1.807) is 11.0 Å². The summed E-state index contributed by atoms with van der Waals surface area (Å²) in [7, 11) is 0. The Bertz CT molecular complexity index is 1430. The number of aliphatic carboxylic acids is 1. The van der Waals surface area contributed by atoms with Crippen LogP contribution in [0.3, 0.4) is 0 Å². The zero-order chi connectivity index (χ0) is 27.9. The molecular formula is C30H31ClN2O4S2. The predicted molar refractivity (Wildman–Crippen MR) is 161 cm³/mol. The number of thioether (sulfide) groups is 2. The van der Waals surface area contributed by atoms with Crippen molar-refractivity contribution < 1.29 is 19.5 Å². The average Bonchev–Trinajstić information content (AvgIpc) is 3.36. The molecule has 0 aliphatic carbocycles. The SMILES string of the molecule is CC(C)(C)CN1C(=O)C(CC(=O)N2CSCC2C(=O)O)SC(c2cccc3ccccc23)c2cc(Cl)ccc21. The van der Waals surface area contributed by atoms with E-state index in [1.165, 1.54) is 28.4 Å². The molecule has 0 spiro atoms. The Morgan fingerprint density at radius 1 is 1.05 bits per heavy atom. The van der Waals surface area contributed by atoms with E-state index in [2.05, 4.69) is 45.0 Å². The summed E-state index contributed by atoms with van der Waals surface area (Å²) in [5.41, 5.74) is 2.56. The molecule has 3 unspecified atom stereocenters. The first-order valence-corrected chi connectivity index (χ1v) is 15.3. The molecule has 0 bridgehead atoms. The van der Waals surface area contributed by atoms with E-state index in [1.807, 2.05) is 30.3 Å². The Balaban J connectivity index is 1.63. The van der Waals surface area contributed by atoms with Crippen molar-refractivity contribution in [3.63, 3.8) is 0 Å². The van der Waals surface area contributed by atoms with Crippen LogP contribution in [0.15, 0.2) is 60.7 Å². The monoisotopic (exact) mass is 582 g/mol. The van der Waals surface area contributed by atoms with Crippen LogP contribution in [0.25, 0.3) is 10.8 Å². The quantitative estimate of drug-likeness (QED) is 0.372. The fourth-order valence-corrected chi connectivity index (χ4v) is 8.08. The minimum atomic E-state index is -1.02. The number of carbonyl (C=O) groups is 3. The number of carbonyl (C=O) groups excluding carboxylic acids is 2. The second-order valence-corrected chi connectivity index (χ2v) is 13.9. The smallest absolute Gasteiger partial charge is 0.327 e. The van der Waals surface area contributed by atoms with Gasteiger partial charge in [-0.25, -0.2) is 4.79 Å². The molecule has 5 rings (SSSR count). The molecule has 0 saturated carbocycles. The van der Waals surface area contributed by atoms with Crippen LogP contribution in [-0.4, -0.2) is 57.3 Å². The lowest BCUT2D eigenvalue weighted by Crippen LogP contribution is -2.46. The van der Waals surface area contributed by atoms with Gasteiger partial charge in [0, 0.05) is 29.4 Å². The van der Waals surface area contributed by atoms with E-state index >= 15 is 0 Å². The zero-order valence-electron chi connectivity index (χ0n) is 22.1. The van der Waals surface area contributed by atoms with Crippen LogP contribution >= 0.6 is 35.1 Å². The minimum absolute atomic E-state index is 0.0720. The Kier molecular flexibility index (Phi) is 7.91. The number of hydrogen-bond acceptors (Lipinski definition) is 5. The summed E-state index contributed by atoms with van der Waals surface area (Å²) >= 11 is 9.41. The number of carboxylic acids is 1. The first kappa shape index (κ1) is 27.9. The summed E-state index contributed by atoms with van der Waals surface area (Å²) < 4.78 is 0. The Morgan fingerprint density at radius 3 is 2.54 bits per heavy atom. The first-order valence-electron chi connectivity index (χ1n) is 12.9. The van der Waals surface area contributed by atoms with Gasteiger partial charge >= 0.3 is 5.97 Å². The van der Waals surface area contributed by atoms with Crippen LogP contribution in [0.2, 0.25) is 5.02 Å². The standard InChI is InChI=1S/C30H31ClN2O4S2/c1-30(2,3)16-32-23-12-11-19(31)13-22(23)27(21-10-6-8-18-7-4-5-9-20(18)21)39-25(28(32)35)14-26(34)33-17-38-15-24(33)29(36)37/h4-13,24-25,27H,14-17H2,1-3H3,(H,36,37). The lowest BCUT2D eigenvalue weighted by Gasteiger charge is -2.32. The molecule has 3 aromatic carbocycles. The van der Waals surface area contributed by atoms with Crippen molar-refractivity contribution in [2.45, 2.75) is 43.7 Å². The summed E-state index contributed by atoms with van der Waals surface area (Å²) in [4.78, 5) is 42.7. The van der Waals surface area contributed by atoms with Crippen molar-refractivity contribution in [3.05, 3.63) is 76.8 Å². The van der Waals surface area contributed by atoms with Crippen LogP contribution in [-0.2, 0) is 14.4 Å². The number of rotatable bonds is 5. The van der Waals surface area contributed by atoms with Gasteiger partial charge in [-0.15, -0.1) is 23.5 Å². The van der Waals surface area contributed by atoms with Gasteiger partial charge in [0.1, 0.15) is 6.04 Å². The van der Waals surface area contributed by atoms with E-state index < -0.39 is 17.3 Å². The molecular weight excluding hydrogens is 552 g/mol. The van der Waals surface area contributed by atoms with E-state index in [9.17, 15) is 19.5 Å². The largest absolute Gasteiger partial charge is 0.480 e. The van der Waals surface area contributed by atoms with Gasteiger partial charge in [0.15, 0.2) is 0 Å². The molecule has 1 fully saturated rings. The summed E-state index contributed by atoms with van der Waals surface area (Å²) in [6.07, 6.45) is -0.0720. The summed E-state index contributed by atoms with van der Waals surface area (Å²) in [6, 6.07) is 19.1. The molecule has 3 atom stereocenters. The lowest BCUT2D eigenvalue weighted by atomic mass is 9.93. The van der Waals surface area contributed by atoms with Gasteiger partial charge in [0.05, 0.1) is 16.4 Å². The number of anilines is 1. The first-order chi connectivity index (χ1) is 18.5. The van der Waals surface area contributed by atoms with E-state index in [-0.39, 0.29) is 28.9 Å². The fraction of sp³-hybridized carbons (Fsp3) is 0.367. The second-order valence-electron chi connectivity index (χ2n) is 11.2. The number of carboxylic acid groups (broad SMARTS) is 1. The van der Waals surface area contributed by atoms with Crippen molar-refractivity contribution in [2.24, 2.45) is 5.41 Å². The van der Waals surface area contributed by atoms with Crippen LogP contribution in [0, 0.1) is 5.41 Å². The molecule has 39 heavy (non-hydrogen) atoms. The average molecular weight is 583 g/mol. The van der Waals surface area contributed by atoms with E-state index in [0.29, 0.717) is 23.2 Å². The van der Waals surface area contributed by atoms with Gasteiger partial charge in [-0.05, 0) is 45.5 Å². The number of hydrogen-bond donors (Lipinski definition) is 1. The number of halogens is 1. The van der Waals surface area contributed by atoms with Crippen LogP contribution in [0.1, 0.15) is 43.6 Å². The Morgan fingerprint density at radius 2 is 1.79 bits per heavy atom. The highest BCUT2D eigenvalue weighted by molar-refractivity contribution is 8.01. The minimum Gasteiger partial charge on any atom is -0.480 e. The molecule has 2 heterocycles. The predicted octanol–water partition coefficient (Wildman–Crippen LogP) is 6.45. The van der Waals surface area contributed by atoms with Crippen LogP contribution in [0.4, 0.5) is 5.69 Å². The van der Waals surface area contributed by atoms with Gasteiger partial charge in [-0.1, -0.05) is 74.8 Å². The third-order valence-electron chi connectivity index (χ3n) is 6.99. The van der Waals surface area contributed by atoms with Crippen molar-refractivity contribution in [3.8, 4) is 0 Å². The molecule has 0 radical (unpaired) electrons. The Hall–Kier alpha value is -2.68. The Labute approximate surface area is 242 Å². The number of amides is 2. The molecule has 1 N–H and O–H groups in total. The second kappa shape index (κ2) is 11.1. The topological polar surface area (TPSA) is 77.9 Å². The van der Waals surface area contributed by atoms with Gasteiger partial charge in [0.25, 0.3) is 0 Å². The number of benzene rings is 3. The summed E-state index contributed by atoms with van der Waals surface area (Å²) in [5, 5.41) is 11.4. The lowest BCUT2D eigenvalue weighted by molar-refractivity contribution is -0.147. The highest BCUT2D eigenvalue weighted by Gasteiger charge is 2.42. The third-order valence-corrected chi connectivity index (χ3v) is 9.71.